The number of aromatic nitrogens is 1. The summed E-state index contributed by atoms with van der Waals surface area (Å²) in [5.41, 5.74) is 2.28. The molecule has 2 aromatic rings. The van der Waals surface area contributed by atoms with Crippen molar-refractivity contribution in [1.29, 1.82) is 0 Å². The molecule has 0 saturated carbocycles. The minimum absolute atomic E-state index is 0. The van der Waals surface area contributed by atoms with Gasteiger partial charge in [0.25, 0.3) is 0 Å². The Morgan fingerprint density at radius 3 is 2.52 bits per heavy atom. The molecule has 8 heteroatoms. The number of pyridine rings is 1. The zero-order valence-corrected chi connectivity index (χ0v) is 19.4. The lowest BCUT2D eigenvalue weighted by molar-refractivity contribution is 0.143. The van der Waals surface area contributed by atoms with E-state index in [1.165, 1.54) is 5.69 Å². The Morgan fingerprint density at radius 2 is 1.83 bits per heavy atom. The van der Waals surface area contributed by atoms with Gasteiger partial charge in [-0.3, -0.25) is 4.99 Å². The van der Waals surface area contributed by atoms with Crippen LogP contribution in [0.25, 0.3) is 0 Å². The summed E-state index contributed by atoms with van der Waals surface area (Å²) in [5, 5.41) is 3.45. The quantitative estimate of drug-likeness (QED) is 0.267. The number of hydrogen-bond donors (Lipinski definition) is 1. The number of anilines is 1. The number of halogens is 1. The maximum atomic E-state index is 5.72. The molecule has 0 unspecified atom stereocenters. The topological polar surface area (TPSA) is 62.2 Å². The molecule has 1 fully saturated rings. The van der Waals surface area contributed by atoms with Crippen LogP contribution in [0, 0.1) is 0 Å². The number of guanidine groups is 1. The van der Waals surface area contributed by atoms with E-state index < -0.39 is 0 Å². The molecule has 2 heterocycles. The maximum Gasteiger partial charge on any atom is 0.218 e. The fraction of sp³-hybridized carbons (Fsp3) is 0.429. The van der Waals surface area contributed by atoms with Gasteiger partial charge in [-0.1, -0.05) is 24.3 Å². The summed E-state index contributed by atoms with van der Waals surface area (Å²) >= 11 is 0. The first-order valence-corrected chi connectivity index (χ1v) is 9.63. The SMILES string of the molecule is CN=C(NCc1cccnc1OCCOC)N1CCN(c2ccccc2)CC1.I. The zero-order chi connectivity index (χ0) is 19.6. The minimum atomic E-state index is 0. The van der Waals surface area contributed by atoms with Crippen LogP contribution in [0.3, 0.4) is 0 Å². The number of piperazine rings is 1. The molecular formula is C21H30IN5O2. The van der Waals surface area contributed by atoms with Crippen molar-refractivity contribution in [3.8, 4) is 5.88 Å². The Morgan fingerprint density at radius 1 is 1.07 bits per heavy atom. The third kappa shape index (κ3) is 6.74. The molecule has 0 amide bonds. The summed E-state index contributed by atoms with van der Waals surface area (Å²) in [4.78, 5) is 13.5. The van der Waals surface area contributed by atoms with Crippen molar-refractivity contribution in [3.05, 3.63) is 54.2 Å². The fourth-order valence-corrected chi connectivity index (χ4v) is 3.23. The van der Waals surface area contributed by atoms with E-state index in [4.69, 9.17) is 9.47 Å². The van der Waals surface area contributed by atoms with Crippen LogP contribution < -0.4 is 15.0 Å². The van der Waals surface area contributed by atoms with Crippen molar-refractivity contribution in [2.45, 2.75) is 6.54 Å². The van der Waals surface area contributed by atoms with E-state index in [1.807, 2.05) is 19.2 Å². The molecule has 3 rings (SSSR count). The molecule has 0 aliphatic carbocycles. The molecule has 1 aliphatic heterocycles. The average molecular weight is 511 g/mol. The third-order valence-electron chi connectivity index (χ3n) is 4.73. The number of nitrogens with zero attached hydrogens (tertiary/aromatic N) is 4. The molecule has 7 nitrogen and oxygen atoms in total. The molecule has 0 atom stereocenters. The molecule has 0 radical (unpaired) electrons. The monoisotopic (exact) mass is 511 g/mol. The van der Waals surface area contributed by atoms with Gasteiger partial charge in [-0.05, 0) is 18.2 Å². The molecule has 1 aromatic heterocycles. The normalized spacial score (nSPS) is 14.3. The summed E-state index contributed by atoms with van der Waals surface area (Å²) in [6, 6.07) is 14.5. The summed E-state index contributed by atoms with van der Waals surface area (Å²) < 4.78 is 10.8. The second-order valence-corrected chi connectivity index (χ2v) is 6.52. The van der Waals surface area contributed by atoms with Crippen LogP contribution in [0.4, 0.5) is 5.69 Å². The highest BCUT2D eigenvalue weighted by Gasteiger charge is 2.20. The van der Waals surface area contributed by atoms with Crippen LogP contribution in [0.15, 0.2) is 53.7 Å². The number of methoxy groups -OCH3 is 1. The standard InChI is InChI=1S/C21H29N5O2.HI/c1-22-21(24-17-18-7-6-10-23-20(18)28-16-15-27-2)26-13-11-25(12-14-26)19-8-4-3-5-9-19;/h3-10H,11-17H2,1-2H3,(H,22,24);1H. The van der Waals surface area contributed by atoms with Gasteiger partial charge in [0.1, 0.15) is 6.61 Å². The van der Waals surface area contributed by atoms with Gasteiger partial charge in [0.05, 0.1) is 6.61 Å². The van der Waals surface area contributed by atoms with Crippen LogP contribution >= 0.6 is 24.0 Å². The summed E-state index contributed by atoms with van der Waals surface area (Å²) in [6.07, 6.45) is 1.74. The van der Waals surface area contributed by atoms with Crippen LogP contribution in [-0.4, -0.2) is 69.4 Å². The van der Waals surface area contributed by atoms with Crippen molar-refractivity contribution in [2.24, 2.45) is 4.99 Å². The molecule has 0 spiro atoms. The number of hydrogen-bond acceptors (Lipinski definition) is 5. The highest BCUT2D eigenvalue weighted by molar-refractivity contribution is 14.0. The predicted molar refractivity (Wildman–Crippen MR) is 127 cm³/mol. The molecule has 1 aliphatic rings. The molecular weight excluding hydrogens is 481 g/mol. The number of ether oxygens (including phenoxy) is 2. The average Bonchev–Trinajstić information content (AvgIpc) is 2.76. The molecule has 158 valence electrons. The Hall–Kier alpha value is -2.07. The summed E-state index contributed by atoms with van der Waals surface area (Å²) in [7, 11) is 3.48. The molecule has 1 saturated heterocycles. The van der Waals surface area contributed by atoms with E-state index >= 15 is 0 Å². The molecule has 1 N–H and O–H groups in total. The first-order valence-electron chi connectivity index (χ1n) is 9.63. The second-order valence-electron chi connectivity index (χ2n) is 6.52. The highest BCUT2D eigenvalue weighted by atomic mass is 127. The third-order valence-corrected chi connectivity index (χ3v) is 4.73. The van der Waals surface area contributed by atoms with E-state index in [2.05, 4.69) is 55.4 Å². The van der Waals surface area contributed by atoms with Crippen LogP contribution in [-0.2, 0) is 11.3 Å². The first kappa shape index (κ1) is 23.2. The minimum Gasteiger partial charge on any atom is -0.475 e. The van der Waals surface area contributed by atoms with E-state index in [9.17, 15) is 0 Å². The van der Waals surface area contributed by atoms with E-state index in [-0.39, 0.29) is 24.0 Å². The Labute approximate surface area is 190 Å². The van der Waals surface area contributed by atoms with Crippen LogP contribution in [0.2, 0.25) is 0 Å². The Balaban J connectivity index is 0.00000300. The van der Waals surface area contributed by atoms with E-state index in [0.717, 1.165) is 37.7 Å². The van der Waals surface area contributed by atoms with Crippen molar-refractivity contribution in [3.63, 3.8) is 0 Å². The van der Waals surface area contributed by atoms with E-state index in [1.54, 1.807) is 13.3 Å². The predicted octanol–water partition coefficient (Wildman–Crippen LogP) is 2.62. The van der Waals surface area contributed by atoms with Gasteiger partial charge in [0, 0.05) is 64.3 Å². The van der Waals surface area contributed by atoms with Gasteiger partial charge in [-0.25, -0.2) is 4.98 Å². The molecule has 29 heavy (non-hydrogen) atoms. The smallest absolute Gasteiger partial charge is 0.218 e. The van der Waals surface area contributed by atoms with Gasteiger partial charge in [-0.2, -0.15) is 0 Å². The van der Waals surface area contributed by atoms with E-state index in [0.29, 0.717) is 25.6 Å². The van der Waals surface area contributed by atoms with Crippen LogP contribution in [0.5, 0.6) is 5.88 Å². The zero-order valence-electron chi connectivity index (χ0n) is 17.1. The van der Waals surface area contributed by atoms with Gasteiger partial charge < -0.3 is 24.6 Å². The van der Waals surface area contributed by atoms with Gasteiger partial charge >= 0.3 is 0 Å². The largest absolute Gasteiger partial charge is 0.475 e. The number of benzene rings is 1. The molecule has 0 bridgehead atoms. The first-order chi connectivity index (χ1) is 13.8. The fourth-order valence-electron chi connectivity index (χ4n) is 3.23. The van der Waals surface area contributed by atoms with Gasteiger partial charge in [0.15, 0.2) is 5.96 Å². The number of nitrogens with one attached hydrogen (secondary N) is 1. The van der Waals surface area contributed by atoms with Gasteiger partial charge in [-0.15, -0.1) is 24.0 Å². The summed E-state index contributed by atoms with van der Waals surface area (Å²) in [5.74, 6) is 1.54. The number of aliphatic imine (C=N–C) groups is 1. The van der Waals surface area contributed by atoms with Crippen molar-refractivity contribution in [2.75, 3.05) is 58.5 Å². The lowest BCUT2D eigenvalue weighted by atomic mass is 10.2. The highest BCUT2D eigenvalue weighted by Crippen LogP contribution is 2.16. The van der Waals surface area contributed by atoms with Crippen LogP contribution in [0.1, 0.15) is 5.56 Å². The van der Waals surface area contributed by atoms with Crippen molar-refractivity contribution in [1.82, 2.24) is 15.2 Å². The lowest BCUT2D eigenvalue weighted by Gasteiger charge is -2.37. The Kier molecular flexibility index (Phi) is 9.99. The number of rotatable bonds is 7. The second kappa shape index (κ2) is 12.5. The maximum absolute atomic E-state index is 5.72. The van der Waals surface area contributed by atoms with Gasteiger partial charge in [0.2, 0.25) is 5.88 Å². The lowest BCUT2D eigenvalue weighted by Crippen LogP contribution is -2.52. The Bertz CT molecular complexity index is 752. The summed E-state index contributed by atoms with van der Waals surface area (Å²) in [6.45, 7) is 5.44. The van der Waals surface area contributed by atoms with Crippen molar-refractivity contribution < 1.29 is 9.47 Å². The number of para-hydroxylation sites is 1. The molecule has 1 aromatic carbocycles. The van der Waals surface area contributed by atoms with Crippen molar-refractivity contribution >= 4 is 35.6 Å².